The molecule has 0 saturated carbocycles. The molecule has 0 aromatic heterocycles. The number of hydrogen-bond donors (Lipinski definition) is 1. The largest absolute Gasteiger partial charge is 0.381 e. The molecule has 1 aromatic carbocycles. The average Bonchev–Trinajstić information content (AvgIpc) is 2.87. The first-order valence-electron chi connectivity index (χ1n) is 7.65. The van der Waals surface area contributed by atoms with Crippen molar-refractivity contribution >= 4 is 0 Å². The van der Waals surface area contributed by atoms with E-state index in [0.29, 0.717) is 31.9 Å². The minimum atomic E-state index is -0.565. The van der Waals surface area contributed by atoms with Crippen LogP contribution in [0.15, 0.2) is 18.2 Å². The van der Waals surface area contributed by atoms with E-state index in [2.05, 4.69) is 5.32 Å². The van der Waals surface area contributed by atoms with Crippen LogP contribution in [-0.2, 0) is 14.2 Å². The normalized spacial score (nSPS) is 25.5. The molecule has 122 valence electrons. The van der Waals surface area contributed by atoms with Gasteiger partial charge >= 0.3 is 0 Å². The zero-order valence-electron chi connectivity index (χ0n) is 12.6. The molecule has 22 heavy (non-hydrogen) atoms. The van der Waals surface area contributed by atoms with E-state index in [1.54, 1.807) is 0 Å². The van der Waals surface area contributed by atoms with E-state index in [1.807, 2.05) is 6.92 Å². The van der Waals surface area contributed by atoms with Crippen LogP contribution in [0.3, 0.4) is 0 Å². The van der Waals surface area contributed by atoms with Crippen LogP contribution in [0.1, 0.15) is 31.4 Å². The number of benzene rings is 1. The number of halogens is 2. The first-order valence-corrected chi connectivity index (χ1v) is 7.65. The molecule has 4 nitrogen and oxygen atoms in total. The molecule has 6 heteroatoms. The summed E-state index contributed by atoms with van der Waals surface area (Å²) < 4.78 is 43.6. The van der Waals surface area contributed by atoms with Crippen molar-refractivity contribution in [2.75, 3.05) is 26.4 Å². The second-order valence-electron chi connectivity index (χ2n) is 5.91. The van der Waals surface area contributed by atoms with Gasteiger partial charge in [-0.2, -0.15) is 0 Å². The molecular weight excluding hydrogens is 292 g/mol. The molecule has 0 radical (unpaired) electrons. The van der Waals surface area contributed by atoms with Crippen LogP contribution in [0.25, 0.3) is 0 Å². The summed E-state index contributed by atoms with van der Waals surface area (Å²) in [4.78, 5) is 0. The lowest BCUT2D eigenvalue weighted by Gasteiger charge is -2.31. The third-order valence-electron chi connectivity index (χ3n) is 4.20. The van der Waals surface area contributed by atoms with Crippen molar-refractivity contribution in [3.8, 4) is 0 Å². The fourth-order valence-electron chi connectivity index (χ4n) is 2.91. The molecule has 1 spiro atoms. The summed E-state index contributed by atoms with van der Waals surface area (Å²) in [6.07, 6.45) is 1.43. The second kappa shape index (κ2) is 6.58. The van der Waals surface area contributed by atoms with Crippen molar-refractivity contribution in [3.63, 3.8) is 0 Å². The van der Waals surface area contributed by atoms with Gasteiger partial charge in [0.15, 0.2) is 5.79 Å². The van der Waals surface area contributed by atoms with E-state index in [-0.39, 0.29) is 12.1 Å². The predicted molar refractivity (Wildman–Crippen MR) is 76.4 cm³/mol. The highest BCUT2D eigenvalue weighted by molar-refractivity contribution is 5.20. The fraction of sp³-hybridized carbons (Fsp3) is 0.625. The lowest BCUT2D eigenvalue weighted by Crippen LogP contribution is -2.39. The molecule has 0 amide bonds. The Hall–Kier alpha value is -1.08. The maximum Gasteiger partial charge on any atom is 0.173 e. The number of nitrogens with one attached hydrogen (secondary N) is 1. The maximum absolute atomic E-state index is 13.2. The van der Waals surface area contributed by atoms with Gasteiger partial charge in [-0.15, -0.1) is 0 Å². The van der Waals surface area contributed by atoms with Gasteiger partial charge < -0.3 is 19.5 Å². The van der Waals surface area contributed by atoms with Crippen molar-refractivity contribution < 1.29 is 23.0 Å². The van der Waals surface area contributed by atoms with Gasteiger partial charge in [0.25, 0.3) is 0 Å². The first kappa shape index (κ1) is 15.8. The van der Waals surface area contributed by atoms with E-state index in [1.165, 1.54) is 12.1 Å². The van der Waals surface area contributed by atoms with Gasteiger partial charge in [-0.1, -0.05) is 0 Å². The lowest BCUT2D eigenvalue weighted by molar-refractivity contribution is -0.210. The Labute approximate surface area is 128 Å². The van der Waals surface area contributed by atoms with Crippen molar-refractivity contribution in [1.82, 2.24) is 5.32 Å². The molecule has 0 unspecified atom stereocenters. The molecule has 0 aliphatic carbocycles. The standard InChI is InChI=1S/C16H21F2NO3/c1-11(12-6-13(17)8-14(18)7-12)19-9-15-10-21-16(22-15)2-4-20-5-3-16/h6-8,11,15,19H,2-5,9-10H2,1H3/t11-,15-/m1/s1. The van der Waals surface area contributed by atoms with Crippen LogP contribution in [0.4, 0.5) is 8.78 Å². The zero-order chi connectivity index (χ0) is 15.6. The van der Waals surface area contributed by atoms with Gasteiger partial charge in [0.2, 0.25) is 0 Å². The van der Waals surface area contributed by atoms with Crippen LogP contribution < -0.4 is 5.32 Å². The van der Waals surface area contributed by atoms with Gasteiger partial charge in [0, 0.05) is 31.5 Å². The summed E-state index contributed by atoms with van der Waals surface area (Å²) in [7, 11) is 0. The van der Waals surface area contributed by atoms with Gasteiger partial charge in [0.05, 0.1) is 25.9 Å². The summed E-state index contributed by atoms with van der Waals surface area (Å²) >= 11 is 0. The number of ether oxygens (including phenoxy) is 3. The van der Waals surface area contributed by atoms with Gasteiger partial charge in [0.1, 0.15) is 11.6 Å². The predicted octanol–water partition coefficient (Wildman–Crippen LogP) is 2.54. The van der Waals surface area contributed by atoms with E-state index < -0.39 is 17.4 Å². The van der Waals surface area contributed by atoms with Crippen molar-refractivity contribution in [2.45, 2.75) is 37.7 Å². The van der Waals surface area contributed by atoms with Gasteiger partial charge in [-0.05, 0) is 24.6 Å². The topological polar surface area (TPSA) is 39.7 Å². The van der Waals surface area contributed by atoms with Crippen LogP contribution in [0.2, 0.25) is 0 Å². The highest BCUT2D eigenvalue weighted by Gasteiger charge is 2.42. The summed E-state index contributed by atoms with van der Waals surface area (Å²) in [6, 6.07) is 3.39. The minimum absolute atomic E-state index is 0.0565. The quantitative estimate of drug-likeness (QED) is 0.927. The van der Waals surface area contributed by atoms with Crippen molar-refractivity contribution in [3.05, 3.63) is 35.4 Å². The Balaban J connectivity index is 1.52. The summed E-state index contributed by atoms with van der Waals surface area (Å²) in [5.74, 6) is -1.63. The second-order valence-corrected chi connectivity index (χ2v) is 5.91. The number of hydrogen-bond acceptors (Lipinski definition) is 4. The SMILES string of the molecule is C[C@@H](NC[C@@H]1COC2(CCOCC2)O1)c1cc(F)cc(F)c1. The Morgan fingerprint density at radius 2 is 1.91 bits per heavy atom. The molecule has 2 fully saturated rings. The smallest absolute Gasteiger partial charge is 0.173 e. The highest BCUT2D eigenvalue weighted by Crippen LogP contribution is 2.33. The minimum Gasteiger partial charge on any atom is -0.381 e. The molecule has 1 aromatic rings. The third-order valence-corrected chi connectivity index (χ3v) is 4.20. The monoisotopic (exact) mass is 313 g/mol. The highest BCUT2D eigenvalue weighted by atomic mass is 19.1. The van der Waals surface area contributed by atoms with Crippen molar-refractivity contribution in [2.24, 2.45) is 0 Å². The number of rotatable bonds is 4. The Bertz CT molecular complexity index is 500. The molecule has 2 heterocycles. The Kier molecular flexibility index (Phi) is 4.73. The third kappa shape index (κ3) is 3.63. The lowest BCUT2D eigenvalue weighted by atomic mass is 10.1. The van der Waals surface area contributed by atoms with Gasteiger partial charge in [-0.3, -0.25) is 0 Å². The summed E-state index contributed by atoms with van der Waals surface area (Å²) in [5, 5.41) is 3.25. The van der Waals surface area contributed by atoms with Gasteiger partial charge in [-0.25, -0.2) is 8.78 Å². The zero-order valence-corrected chi connectivity index (χ0v) is 12.6. The molecule has 2 aliphatic rings. The average molecular weight is 313 g/mol. The van der Waals surface area contributed by atoms with E-state index in [4.69, 9.17) is 14.2 Å². The summed E-state index contributed by atoms with van der Waals surface area (Å²) in [6.45, 7) is 4.27. The molecule has 1 N–H and O–H groups in total. The van der Waals surface area contributed by atoms with E-state index >= 15 is 0 Å². The molecule has 2 saturated heterocycles. The van der Waals surface area contributed by atoms with Crippen molar-refractivity contribution in [1.29, 1.82) is 0 Å². The van der Waals surface area contributed by atoms with Crippen LogP contribution >= 0.6 is 0 Å². The molecule has 0 bridgehead atoms. The first-order chi connectivity index (χ1) is 10.6. The van der Waals surface area contributed by atoms with E-state index in [0.717, 1.165) is 18.9 Å². The molecule has 2 aliphatic heterocycles. The fourth-order valence-corrected chi connectivity index (χ4v) is 2.91. The Morgan fingerprint density at radius 1 is 1.23 bits per heavy atom. The molecular formula is C16H21F2NO3. The maximum atomic E-state index is 13.2. The van der Waals surface area contributed by atoms with Crippen LogP contribution in [-0.4, -0.2) is 38.3 Å². The van der Waals surface area contributed by atoms with Crippen LogP contribution in [0, 0.1) is 11.6 Å². The summed E-state index contributed by atoms with van der Waals surface area (Å²) in [5.41, 5.74) is 0.581. The van der Waals surface area contributed by atoms with E-state index in [9.17, 15) is 8.78 Å². The molecule has 2 atom stereocenters. The van der Waals surface area contributed by atoms with Crippen LogP contribution in [0.5, 0.6) is 0 Å². The molecule has 3 rings (SSSR count). The Morgan fingerprint density at radius 3 is 2.59 bits per heavy atom.